The number of ether oxygens (including phenoxy) is 2. The van der Waals surface area contributed by atoms with E-state index < -0.39 is 0 Å². The Morgan fingerprint density at radius 1 is 0.867 bits per heavy atom. The van der Waals surface area contributed by atoms with E-state index in [0.29, 0.717) is 23.5 Å². The smallest absolute Gasteiger partial charge is 0.278 e. The summed E-state index contributed by atoms with van der Waals surface area (Å²) in [6.07, 6.45) is 0.0807. The van der Waals surface area contributed by atoms with Gasteiger partial charge in [0.05, 0.1) is 30.9 Å². The third kappa shape index (κ3) is 5.07. The molecule has 0 atom stereocenters. The quantitative estimate of drug-likeness (QED) is 0.633. The summed E-state index contributed by atoms with van der Waals surface area (Å²) in [7, 11) is 0. The van der Waals surface area contributed by atoms with Crippen molar-refractivity contribution in [3.8, 4) is 5.75 Å². The minimum Gasteiger partial charge on any atom is -0.491 e. The summed E-state index contributed by atoms with van der Waals surface area (Å²) in [6.45, 7) is 8.24. The molecule has 2 amide bonds. The molecule has 1 aliphatic rings. The van der Waals surface area contributed by atoms with Gasteiger partial charge in [-0.25, -0.2) is 0 Å². The lowest BCUT2D eigenvalue weighted by atomic mass is 10.0. The first-order chi connectivity index (χ1) is 14.4. The van der Waals surface area contributed by atoms with Gasteiger partial charge in [-0.05, 0) is 57.5 Å². The van der Waals surface area contributed by atoms with Gasteiger partial charge in [0, 0.05) is 5.69 Å². The molecule has 0 radical (unpaired) electrons. The van der Waals surface area contributed by atoms with Gasteiger partial charge >= 0.3 is 0 Å². The van der Waals surface area contributed by atoms with Crippen LogP contribution in [0.2, 0.25) is 0 Å². The van der Waals surface area contributed by atoms with Crippen molar-refractivity contribution in [3.05, 3.63) is 65.9 Å². The number of hydrogen-bond donors (Lipinski definition) is 1. The van der Waals surface area contributed by atoms with Crippen molar-refractivity contribution >= 4 is 23.1 Å². The molecule has 0 fully saturated rings. The molecule has 6 heteroatoms. The second kappa shape index (κ2) is 9.59. The number of nitrogens with one attached hydrogen (secondary N) is 1. The van der Waals surface area contributed by atoms with Crippen molar-refractivity contribution in [2.75, 3.05) is 18.5 Å². The van der Waals surface area contributed by atoms with Crippen molar-refractivity contribution in [2.45, 2.75) is 39.9 Å². The van der Waals surface area contributed by atoms with Crippen LogP contribution in [0.5, 0.6) is 5.75 Å². The summed E-state index contributed by atoms with van der Waals surface area (Å²) < 4.78 is 11.2. The first kappa shape index (κ1) is 21.6. The fourth-order valence-corrected chi connectivity index (χ4v) is 3.18. The van der Waals surface area contributed by atoms with Gasteiger partial charge in [-0.1, -0.05) is 30.3 Å². The molecule has 2 aromatic carbocycles. The maximum absolute atomic E-state index is 13.2. The predicted molar refractivity (Wildman–Crippen MR) is 117 cm³/mol. The van der Waals surface area contributed by atoms with Crippen molar-refractivity contribution < 1.29 is 19.1 Å². The van der Waals surface area contributed by atoms with E-state index in [9.17, 15) is 9.59 Å². The monoisotopic (exact) mass is 408 g/mol. The van der Waals surface area contributed by atoms with Gasteiger partial charge in [0.2, 0.25) is 0 Å². The number of carbonyl (C=O) groups is 2. The molecule has 158 valence electrons. The van der Waals surface area contributed by atoms with Crippen molar-refractivity contribution in [3.63, 3.8) is 0 Å². The summed E-state index contributed by atoms with van der Waals surface area (Å²) in [5.74, 6) is 0.0305. The summed E-state index contributed by atoms with van der Waals surface area (Å²) >= 11 is 0. The summed E-state index contributed by atoms with van der Waals surface area (Å²) in [5, 5.41) is 3.14. The van der Waals surface area contributed by atoms with E-state index in [1.165, 1.54) is 4.90 Å². The lowest BCUT2D eigenvalue weighted by Gasteiger charge is -2.16. The molecule has 0 aromatic heterocycles. The van der Waals surface area contributed by atoms with E-state index in [-0.39, 0.29) is 36.3 Å². The topological polar surface area (TPSA) is 67.9 Å². The van der Waals surface area contributed by atoms with Crippen LogP contribution in [0.1, 0.15) is 33.3 Å². The molecular formula is C24H28N2O4. The van der Waals surface area contributed by atoms with Crippen LogP contribution in [0, 0.1) is 0 Å². The first-order valence-electron chi connectivity index (χ1n) is 10.2. The standard InChI is InChI=1S/C24H28N2O4/c1-16(2)29-15-14-26-23(27)21(18-10-12-20(13-11-18)30-17(3)4)22(24(26)28)25-19-8-6-5-7-9-19/h5-13,16-17,25H,14-15H2,1-4H3. The third-order valence-corrected chi connectivity index (χ3v) is 4.49. The molecule has 0 spiro atoms. The zero-order valence-corrected chi connectivity index (χ0v) is 17.8. The van der Waals surface area contributed by atoms with Gasteiger partial charge in [0.25, 0.3) is 11.8 Å². The van der Waals surface area contributed by atoms with E-state index in [4.69, 9.17) is 9.47 Å². The number of benzene rings is 2. The maximum Gasteiger partial charge on any atom is 0.278 e. The Balaban J connectivity index is 1.92. The predicted octanol–water partition coefficient (Wildman–Crippen LogP) is 4.09. The molecule has 1 aliphatic heterocycles. The second-order valence-corrected chi connectivity index (χ2v) is 7.61. The van der Waals surface area contributed by atoms with E-state index in [0.717, 1.165) is 5.69 Å². The SMILES string of the molecule is CC(C)OCCN1C(=O)C(Nc2ccccc2)=C(c2ccc(OC(C)C)cc2)C1=O. The number of carbonyl (C=O) groups excluding carboxylic acids is 2. The molecule has 0 saturated heterocycles. The summed E-state index contributed by atoms with van der Waals surface area (Å²) in [4.78, 5) is 27.5. The normalized spacial score (nSPS) is 14.3. The first-order valence-corrected chi connectivity index (χ1v) is 10.2. The van der Waals surface area contributed by atoms with Crippen LogP contribution in [-0.4, -0.2) is 42.1 Å². The largest absolute Gasteiger partial charge is 0.491 e. The number of anilines is 1. The highest BCUT2D eigenvalue weighted by molar-refractivity contribution is 6.36. The molecule has 6 nitrogen and oxygen atoms in total. The Bertz CT molecular complexity index is 918. The molecule has 0 unspecified atom stereocenters. The van der Waals surface area contributed by atoms with Gasteiger partial charge in [-0.15, -0.1) is 0 Å². The number of rotatable bonds is 9. The summed E-state index contributed by atoms with van der Waals surface area (Å²) in [5.41, 5.74) is 2.03. The minimum absolute atomic E-state index is 0.0284. The Kier molecular flexibility index (Phi) is 6.90. The number of amides is 2. The molecule has 30 heavy (non-hydrogen) atoms. The lowest BCUT2D eigenvalue weighted by molar-refractivity contribution is -0.137. The molecule has 1 heterocycles. The third-order valence-electron chi connectivity index (χ3n) is 4.49. The highest BCUT2D eigenvalue weighted by Gasteiger charge is 2.39. The van der Waals surface area contributed by atoms with Crippen LogP contribution in [0.4, 0.5) is 5.69 Å². The van der Waals surface area contributed by atoms with E-state index in [1.807, 2.05) is 70.2 Å². The Hall–Kier alpha value is -3.12. The van der Waals surface area contributed by atoms with Crippen LogP contribution >= 0.6 is 0 Å². The summed E-state index contributed by atoms with van der Waals surface area (Å²) in [6, 6.07) is 16.6. The highest BCUT2D eigenvalue weighted by atomic mass is 16.5. The molecule has 0 saturated carbocycles. The van der Waals surface area contributed by atoms with Crippen LogP contribution in [0.25, 0.3) is 5.57 Å². The van der Waals surface area contributed by atoms with Crippen molar-refractivity contribution in [1.82, 2.24) is 4.90 Å². The van der Waals surface area contributed by atoms with Gasteiger partial charge in [0.15, 0.2) is 0 Å². The van der Waals surface area contributed by atoms with Crippen LogP contribution in [-0.2, 0) is 14.3 Å². The fourth-order valence-electron chi connectivity index (χ4n) is 3.18. The molecular weight excluding hydrogens is 380 g/mol. The minimum atomic E-state index is -0.353. The van der Waals surface area contributed by atoms with E-state index in [2.05, 4.69) is 5.32 Å². The van der Waals surface area contributed by atoms with Crippen LogP contribution in [0.3, 0.4) is 0 Å². The average molecular weight is 408 g/mol. The van der Waals surface area contributed by atoms with E-state index in [1.54, 1.807) is 12.1 Å². The van der Waals surface area contributed by atoms with Gasteiger partial charge in [0.1, 0.15) is 11.4 Å². The molecule has 0 bridgehead atoms. The Morgan fingerprint density at radius 2 is 1.53 bits per heavy atom. The van der Waals surface area contributed by atoms with Gasteiger partial charge in [-0.3, -0.25) is 14.5 Å². The maximum atomic E-state index is 13.2. The van der Waals surface area contributed by atoms with Crippen LogP contribution < -0.4 is 10.1 Å². The number of hydrogen-bond acceptors (Lipinski definition) is 5. The zero-order chi connectivity index (χ0) is 21.7. The lowest BCUT2D eigenvalue weighted by Crippen LogP contribution is -2.35. The number of nitrogens with zero attached hydrogens (tertiary/aromatic N) is 1. The van der Waals surface area contributed by atoms with Crippen molar-refractivity contribution in [1.29, 1.82) is 0 Å². The average Bonchev–Trinajstić information content (AvgIpc) is 2.93. The number of para-hydroxylation sites is 1. The zero-order valence-electron chi connectivity index (χ0n) is 17.8. The van der Waals surface area contributed by atoms with Gasteiger partial charge in [-0.2, -0.15) is 0 Å². The van der Waals surface area contributed by atoms with Gasteiger partial charge < -0.3 is 14.8 Å². The Labute approximate surface area is 177 Å². The fraction of sp³-hybridized carbons (Fsp3) is 0.333. The molecule has 3 rings (SSSR count). The number of imide groups is 1. The molecule has 0 aliphatic carbocycles. The highest BCUT2D eigenvalue weighted by Crippen LogP contribution is 2.31. The van der Waals surface area contributed by atoms with Crippen LogP contribution in [0.15, 0.2) is 60.3 Å². The van der Waals surface area contributed by atoms with E-state index >= 15 is 0 Å². The second-order valence-electron chi connectivity index (χ2n) is 7.61. The van der Waals surface area contributed by atoms with Crippen molar-refractivity contribution in [2.24, 2.45) is 0 Å². The molecule has 1 N–H and O–H groups in total. The molecule has 2 aromatic rings. The Morgan fingerprint density at radius 3 is 2.13 bits per heavy atom.